The summed E-state index contributed by atoms with van der Waals surface area (Å²) in [6, 6.07) is 11.2. The van der Waals surface area contributed by atoms with E-state index < -0.39 is 10.8 Å². The molecule has 0 bridgehead atoms. The maximum absolute atomic E-state index is 12.6. The average Bonchev–Trinajstić information content (AvgIpc) is 2.98. The molecular formula is C14H10ClN3OS. The molecule has 2 unspecified atom stereocenters. The van der Waals surface area contributed by atoms with E-state index in [0.717, 1.165) is 16.7 Å². The second kappa shape index (κ2) is 4.40. The van der Waals surface area contributed by atoms with E-state index >= 15 is 0 Å². The third-order valence-electron chi connectivity index (χ3n) is 3.48. The second-order valence-corrected chi connectivity index (χ2v) is 6.64. The second-order valence-electron chi connectivity index (χ2n) is 4.68. The predicted molar refractivity (Wildman–Crippen MR) is 78.1 cm³/mol. The molecule has 4 nitrogen and oxygen atoms in total. The smallest absolute Gasteiger partial charge is 0.200 e. The quantitative estimate of drug-likeness (QED) is 0.694. The van der Waals surface area contributed by atoms with Gasteiger partial charge in [0.1, 0.15) is 16.0 Å². The monoisotopic (exact) mass is 303 g/mol. The van der Waals surface area contributed by atoms with E-state index in [4.69, 9.17) is 11.6 Å². The Morgan fingerprint density at radius 3 is 3.00 bits per heavy atom. The van der Waals surface area contributed by atoms with Gasteiger partial charge in [0, 0.05) is 17.8 Å². The molecular weight excluding hydrogens is 294 g/mol. The first kappa shape index (κ1) is 12.1. The van der Waals surface area contributed by atoms with Crippen molar-refractivity contribution in [3.05, 3.63) is 53.3 Å². The highest BCUT2D eigenvalue weighted by Gasteiger charge is 2.34. The Morgan fingerprint density at radius 2 is 2.20 bits per heavy atom. The molecule has 0 saturated heterocycles. The number of hydrogen-bond acceptors (Lipinski definition) is 3. The lowest BCUT2D eigenvalue weighted by atomic mass is 10.2. The normalized spacial score (nSPS) is 21.2. The molecule has 3 aromatic rings. The molecule has 1 aromatic carbocycles. The minimum Gasteiger partial charge on any atom is -0.315 e. The Bertz CT molecular complexity index is 831. The van der Waals surface area contributed by atoms with Crippen molar-refractivity contribution in [3.63, 3.8) is 0 Å². The van der Waals surface area contributed by atoms with Crippen molar-refractivity contribution in [2.45, 2.75) is 17.0 Å². The molecule has 2 aromatic heterocycles. The average molecular weight is 304 g/mol. The highest BCUT2D eigenvalue weighted by Crippen LogP contribution is 2.35. The van der Waals surface area contributed by atoms with Gasteiger partial charge in [0.05, 0.1) is 16.7 Å². The lowest BCUT2D eigenvalue weighted by Crippen LogP contribution is -2.05. The first-order valence-corrected chi connectivity index (χ1v) is 7.80. The molecule has 20 heavy (non-hydrogen) atoms. The van der Waals surface area contributed by atoms with Gasteiger partial charge in [0.25, 0.3) is 0 Å². The van der Waals surface area contributed by atoms with Crippen LogP contribution in [0.4, 0.5) is 0 Å². The van der Waals surface area contributed by atoms with Gasteiger partial charge >= 0.3 is 0 Å². The molecule has 0 amide bonds. The number of benzene rings is 1. The molecule has 3 heterocycles. The fourth-order valence-corrected chi connectivity index (χ4v) is 4.18. The zero-order valence-electron chi connectivity index (χ0n) is 10.4. The number of fused-ring (bicyclic) bond motifs is 3. The standard InChI is InChI=1S/C14H10ClN3OS/c15-9-4-5-10-12(7-9)18-8-13(20(19)14(18)17-10)11-3-1-2-6-16-11/h1-7,13H,8H2. The van der Waals surface area contributed by atoms with Crippen LogP contribution in [0.2, 0.25) is 5.02 Å². The van der Waals surface area contributed by atoms with Crippen LogP contribution < -0.4 is 0 Å². The Labute approximate surface area is 122 Å². The van der Waals surface area contributed by atoms with Crippen molar-refractivity contribution in [1.29, 1.82) is 0 Å². The van der Waals surface area contributed by atoms with Crippen LogP contribution in [0.5, 0.6) is 0 Å². The van der Waals surface area contributed by atoms with E-state index in [9.17, 15) is 4.21 Å². The SMILES string of the molecule is O=S1c2nc3ccc(Cl)cc3n2CC1c1ccccn1. The van der Waals surface area contributed by atoms with E-state index in [2.05, 4.69) is 9.97 Å². The summed E-state index contributed by atoms with van der Waals surface area (Å²) in [5.74, 6) is 0. The lowest BCUT2D eigenvalue weighted by Gasteiger charge is -2.07. The van der Waals surface area contributed by atoms with Crippen molar-refractivity contribution in [2.24, 2.45) is 0 Å². The lowest BCUT2D eigenvalue weighted by molar-refractivity contribution is 0.666. The first-order valence-electron chi connectivity index (χ1n) is 6.21. The Kier molecular flexibility index (Phi) is 2.65. The van der Waals surface area contributed by atoms with Crippen LogP contribution in [0.1, 0.15) is 10.9 Å². The van der Waals surface area contributed by atoms with Gasteiger partial charge in [-0.25, -0.2) is 4.98 Å². The largest absolute Gasteiger partial charge is 0.315 e. The summed E-state index contributed by atoms with van der Waals surface area (Å²) in [6.07, 6.45) is 1.72. The molecule has 0 radical (unpaired) electrons. The van der Waals surface area contributed by atoms with Crippen LogP contribution >= 0.6 is 11.6 Å². The Balaban J connectivity index is 1.85. The number of aromatic nitrogens is 3. The zero-order chi connectivity index (χ0) is 13.7. The zero-order valence-corrected chi connectivity index (χ0v) is 11.9. The third kappa shape index (κ3) is 1.70. The van der Waals surface area contributed by atoms with E-state index in [0.29, 0.717) is 16.7 Å². The number of halogens is 1. The molecule has 100 valence electrons. The Hall–Kier alpha value is -1.72. The first-order chi connectivity index (χ1) is 9.74. The van der Waals surface area contributed by atoms with E-state index in [1.807, 2.05) is 34.9 Å². The maximum atomic E-state index is 12.6. The van der Waals surface area contributed by atoms with Crippen LogP contribution in [0.15, 0.2) is 47.8 Å². The van der Waals surface area contributed by atoms with Gasteiger partial charge in [-0.2, -0.15) is 0 Å². The molecule has 0 fully saturated rings. The summed E-state index contributed by atoms with van der Waals surface area (Å²) in [7, 11) is -1.18. The summed E-state index contributed by atoms with van der Waals surface area (Å²) in [4.78, 5) is 8.78. The van der Waals surface area contributed by atoms with Crippen LogP contribution in [0.3, 0.4) is 0 Å². The fourth-order valence-electron chi connectivity index (χ4n) is 2.53. The summed E-state index contributed by atoms with van der Waals surface area (Å²) in [6.45, 7) is 0.621. The van der Waals surface area contributed by atoms with Crippen LogP contribution in [-0.4, -0.2) is 18.7 Å². The summed E-state index contributed by atoms with van der Waals surface area (Å²) >= 11 is 6.04. The molecule has 0 spiro atoms. The van der Waals surface area contributed by atoms with Crippen LogP contribution in [-0.2, 0) is 17.3 Å². The van der Waals surface area contributed by atoms with Crippen LogP contribution in [0.25, 0.3) is 11.0 Å². The number of pyridine rings is 1. The maximum Gasteiger partial charge on any atom is 0.200 e. The Morgan fingerprint density at radius 1 is 1.30 bits per heavy atom. The highest BCUT2D eigenvalue weighted by molar-refractivity contribution is 7.85. The summed E-state index contributed by atoms with van der Waals surface area (Å²) < 4.78 is 14.6. The molecule has 0 saturated carbocycles. The van der Waals surface area contributed by atoms with Crippen molar-refractivity contribution in [1.82, 2.24) is 14.5 Å². The fraction of sp³-hybridized carbons (Fsp3) is 0.143. The van der Waals surface area contributed by atoms with Gasteiger partial charge in [0.15, 0.2) is 0 Å². The molecule has 4 rings (SSSR count). The van der Waals surface area contributed by atoms with Crippen molar-refractivity contribution >= 4 is 33.4 Å². The van der Waals surface area contributed by atoms with Crippen LogP contribution in [0, 0.1) is 0 Å². The third-order valence-corrected chi connectivity index (χ3v) is 5.29. The number of rotatable bonds is 1. The van der Waals surface area contributed by atoms with Gasteiger partial charge in [-0.15, -0.1) is 0 Å². The molecule has 0 aliphatic carbocycles. The van der Waals surface area contributed by atoms with Gasteiger partial charge in [-0.05, 0) is 30.3 Å². The minimum absolute atomic E-state index is 0.137. The van der Waals surface area contributed by atoms with Gasteiger partial charge in [-0.3, -0.25) is 9.19 Å². The molecule has 6 heteroatoms. The topological polar surface area (TPSA) is 47.8 Å². The molecule has 2 atom stereocenters. The number of imidazole rings is 1. The van der Waals surface area contributed by atoms with E-state index in [1.165, 1.54) is 0 Å². The van der Waals surface area contributed by atoms with Gasteiger partial charge in [0.2, 0.25) is 5.16 Å². The summed E-state index contributed by atoms with van der Waals surface area (Å²) in [5, 5.41) is 1.13. The number of nitrogens with zero attached hydrogens (tertiary/aromatic N) is 3. The van der Waals surface area contributed by atoms with Crippen molar-refractivity contribution < 1.29 is 4.21 Å². The van der Waals surface area contributed by atoms with Gasteiger partial charge < -0.3 is 4.57 Å². The molecule has 1 aliphatic rings. The highest BCUT2D eigenvalue weighted by atomic mass is 35.5. The predicted octanol–water partition coefficient (Wildman–Crippen LogP) is 2.95. The van der Waals surface area contributed by atoms with Gasteiger partial charge in [-0.1, -0.05) is 17.7 Å². The molecule has 1 aliphatic heterocycles. The van der Waals surface area contributed by atoms with E-state index in [1.54, 1.807) is 12.3 Å². The van der Waals surface area contributed by atoms with Crippen molar-refractivity contribution in [3.8, 4) is 0 Å². The minimum atomic E-state index is -1.18. The number of hydrogen-bond donors (Lipinski definition) is 0. The molecule has 0 N–H and O–H groups in total. The van der Waals surface area contributed by atoms with Crippen molar-refractivity contribution in [2.75, 3.05) is 0 Å². The summed E-state index contributed by atoms with van der Waals surface area (Å²) in [5.41, 5.74) is 2.60. The van der Waals surface area contributed by atoms with E-state index in [-0.39, 0.29) is 5.25 Å².